The number of nitrogens with zero attached hydrogens (tertiary/aromatic N) is 6. The van der Waals surface area contributed by atoms with Gasteiger partial charge in [-0.3, -0.25) is 4.90 Å². The van der Waals surface area contributed by atoms with Gasteiger partial charge in [0.2, 0.25) is 5.95 Å². The van der Waals surface area contributed by atoms with Crippen molar-refractivity contribution in [2.75, 3.05) is 38.2 Å². The zero-order valence-corrected chi connectivity index (χ0v) is 21.4. The molecule has 0 amide bonds. The Morgan fingerprint density at radius 1 is 1.11 bits per heavy atom. The van der Waals surface area contributed by atoms with Gasteiger partial charge in [-0.25, -0.2) is 19.3 Å². The third-order valence-electron chi connectivity index (χ3n) is 7.55. The molecular weight excluding hydrogens is 461 g/mol. The first-order chi connectivity index (χ1) is 16.9. The molecule has 0 radical (unpaired) electrons. The molecule has 0 saturated carbocycles. The van der Waals surface area contributed by atoms with Crippen molar-refractivity contribution < 1.29 is 4.39 Å². The number of thioether (sulfide) groups is 1. The van der Waals surface area contributed by atoms with Gasteiger partial charge in [0.15, 0.2) is 5.16 Å². The Morgan fingerprint density at radius 3 is 2.46 bits per heavy atom. The van der Waals surface area contributed by atoms with E-state index in [1.54, 1.807) is 24.8 Å². The van der Waals surface area contributed by atoms with Crippen LogP contribution in [-0.2, 0) is 6.54 Å². The van der Waals surface area contributed by atoms with E-state index in [0.717, 1.165) is 80.2 Å². The predicted octanol–water partition coefficient (Wildman–Crippen LogP) is 4.64. The molecule has 2 aromatic heterocycles. The topological polar surface area (TPSA) is 76.1 Å². The summed E-state index contributed by atoms with van der Waals surface area (Å²) in [6.07, 6.45) is 9.96. The average molecular weight is 496 g/mol. The van der Waals surface area contributed by atoms with E-state index >= 15 is 0 Å². The summed E-state index contributed by atoms with van der Waals surface area (Å²) < 4.78 is 16.6. The Balaban J connectivity index is 1.18. The molecule has 0 atom stereocenters. The van der Waals surface area contributed by atoms with Crippen LogP contribution in [0.2, 0.25) is 0 Å². The normalized spacial score (nSPS) is 18.4. The number of nitrogen functional groups attached to an aromatic ring is 1. The minimum atomic E-state index is -0.160. The van der Waals surface area contributed by atoms with Crippen LogP contribution in [0.15, 0.2) is 42.0 Å². The minimum absolute atomic E-state index is 0.160. The van der Waals surface area contributed by atoms with Gasteiger partial charge in [-0.1, -0.05) is 18.3 Å². The molecule has 0 spiro atoms. The SMILES string of the molecule is C=C(C1CCN(Cc2cnc(N)nc2)CC1)N1CCC(n2c(SC)nc3cc(C)c(F)cc32)CC1. The highest BCUT2D eigenvalue weighted by atomic mass is 32.2. The molecule has 2 N–H and O–H groups in total. The Bertz CT molecular complexity index is 1190. The van der Waals surface area contributed by atoms with Crippen molar-refractivity contribution in [2.45, 2.75) is 50.4 Å². The fourth-order valence-electron chi connectivity index (χ4n) is 5.49. The number of benzene rings is 1. The second-order valence-corrected chi connectivity index (χ2v) is 10.5. The number of anilines is 1. The second kappa shape index (κ2) is 10.1. The molecule has 35 heavy (non-hydrogen) atoms. The van der Waals surface area contributed by atoms with Gasteiger partial charge in [-0.15, -0.1) is 0 Å². The number of allylic oxidation sites excluding steroid dienone is 1. The number of hydrogen-bond acceptors (Lipinski definition) is 7. The van der Waals surface area contributed by atoms with Crippen molar-refractivity contribution >= 4 is 28.7 Å². The third kappa shape index (κ3) is 5.02. The predicted molar refractivity (Wildman–Crippen MR) is 140 cm³/mol. The van der Waals surface area contributed by atoms with Crippen LogP contribution in [-0.4, -0.2) is 61.8 Å². The molecule has 2 fully saturated rings. The average Bonchev–Trinajstić information content (AvgIpc) is 3.23. The van der Waals surface area contributed by atoms with E-state index in [1.807, 2.05) is 24.7 Å². The third-order valence-corrected chi connectivity index (χ3v) is 8.20. The number of aryl methyl sites for hydroxylation is 1. The molecule has 2 saturated heterocycles. The fraction of sp³-hybridized carbons (Fsp3) is 0.500. The van der Waals surface area contributed by atoms with E-state index in [9.17, 15) is 4.39 Å². The van der Waals surface area contributed by atoms with Gasteiger partial charge in [-0.05, 0) is 63.6 Å². The maximum absolute atomic E-state index is 14.4. The highest BCUT2D eigenvalue weighted by molar-refractivity contribution is 7.98. The molecule has 5 rings (SSSR count). The molecule has 7 nitrogen and oxygen atoms in total. The van der Waals surface area contributed by atoms with Gasteiger partial charge in [0.1, 0.15) is 5.82 Å². The van der Waals surface area contributed by atoms with Crippen molar-refractivity contribution in [3.05, 3.63) is 53.7 Å². The fourth-order valence-corrected chi connectivity index (χ4v) is 6.13. The van der Waals surface area contributed by atoms with E-state index in [0.29, 0.717) is 23.5 Å². The summed E-state index contributed by atoms with van der Waals surface area (Å²) in [5, 5.41) is 0.973. The van der Waals surface area contributed by atoms with E-state index in [-0.39, 0.29) is 5.82 Å². The lowest BCUT2D eigenvalue weighted by atomic mass is 9.91. The standard InChI is InChI=1S/C26H34FN7S/c1-17-12-23-24(13-22(17)27)34(26(31-23)35-3)21-6-10-33(11-7-21)18(2)20-4-8-32(9-5-20)16-19-14-29-25(28)30-15-19/h12-15,20-21H,2,4-11,16H2,1,3H3,(H2,28,29,30). The largest absolute Gasteiger partial charge is 0.375 e. The van der Waals surface area contributed by atoms with Crippen LogP contribution in [0.3, 0.4) is 0 Å². The number of nitrogens with two attached hydrogens (primary N) is 1. The van der Waals surface area contributed by atoms with Crippen molar-refractivity contribution in [3.8, 4) is 0 Å². The van der Waals surface area contributed by atoms with Crippen molar-refractivity contribution in [2.24, 2.45) is 5.92 Å². The zero-order chi connectivity index (χ0) is 24.5. The molecule has 186 valence electrons. The molecule has 2 aliphatic heterocycles. The van der Waals surface area contributed by atoms with Crippen LogP contribution in [0, 0.1) is 18.7 Å². The number of imidazole rings is 1. The number of fused-ring (bicyclic) bond motifs is 1. The molecule has 2 aliphatic rings. The number of halogens is 1. The van der Waals surface area contributed by atoms with Gasteiger partial charge in [-0.2, -0.15) is 0 Å². The maximum atomic E-state index is 14.4. The van der Waals surface area contributed by atoms with Crippen molar-refractivity contribution in [1.82, 2.24) is 29.3 Å². The molecule has 9 heteroatoms. The lowest BCUT2D eigenvalue weighted by molar-refractivity contribution is 0.153. The summed E-state index contributed by atoms with van der Waals surface area (Å²) in [4.78, 5) is 17.9. The van der Waals surface area contributed by atoms with Gasteiger partial charge >= 0.3 is 0 Å². The summed E-state index contributed by atoms with van der Waals surface area (Å²) in [5.41, 5.74) is 10.4. The van der Waals surface area contributed by atoms with E-state index in [1.165, 1.54) is 5.70 Å². The second-order valence-electron chi connectivity index (χ2n) is 9.77. The molecular formula is C26H34FN7S. The van der Waals surface area contributed by atoms with Gasteiger partial charge < -0.3 is 15.2 Å². The van der Waals surface area contributed by atoms with Crippen LogP contribution in [0.4, 0.5) is 10.3 Å². The van der Waals surface area contributed by atoms with Crippen LogP contribution in [0.1, 0.15) is 42.9 Å². The first-order valence-corrected chi connectivity index (χ1v) is 13.6. The molecule has 4 heterocycles. The lowest BCUT2D eigenvalue weighted by Gasteiger charge is -2.41. The highest BCUT2D eigenvalue weighted by Crippen LogP contribution is 2.35. The molecule has 0 bridgehead atoms. The number of rotatable bonds is 6. The Kier molecular flexibility index (Phi) is 6.98. The number of hydrogen-bond donors (Lipinski definition) is 1. The monoisotopic (exact) mass is 495 g/mol. The van der Waals surface area contributed by atoms with E-state index < -0.39 is 0 Å². The summed E-state index contributed by atoms with van der Waals surface area (Å²) in [6.45, 7) is 11.2. The van der Waals surface area contributed by atoms with Crippen LogP contribution in [0.25, 0.3) is 11.0 Å². The number of likely N-dealkylation sites (tertiary alicyclic amines) is 2. The van der Waals surface area contributed by atoms with Gasteiger partial charge in [0.05, 0.1) is 11.0 Å². The van der Waals surface area contributed by atoms with E-state index in [4.69, 9.17) is 10.7 Å². The quantitative estimate of drug-likeness (QED) is 0.499. The summed E-state index contributed by atoms with van der Waals surface area (Å²) in [7, 11) is 0. The van der Waals surface area contributed by atoms with Crippen molar-refractivity contribution in [3.63, 3.8) is 0 Å². The maximum Gasteiger partial charge on any atom is 0.219 e. The molecule has 3 aromatic rings. The van der Waals surface area contributed by atoms with Crippen LogP contribution >= 0.6 is 11.8 Å². The summed E-state index contributed by atoms with van der Waals surface area (Å²) in [5.74, 6) is 0.687. The lowest BCUT2D eigenvalue weighted by Crippen LogP contribution is -2.40. The number of aromatic nitrogens is 4. The smallest absolute Gasteiger partial charge is 0.219 e. The van der Waals surface area contributed by atoms with Gasteiger partial charge in [0.25, 0.3) is 0 Å². The zero-order valence-electron chi connectivity index (χ0n) is 20.6. The van der Waals surface area contributed by atoms with Gasteiger partial charge in [0, 0.05) is 61.3 Å². The van der Waals surface area contributed by atoms with Crippen molar-refractivity contribution in [1.29, 1.82) is 0 Å². The summed E-state index contributed by atoms with van der Waals surface area (Å²) >= 11 is 1.64. The molecule has 1 aromatic carbocycles. The number of piperidine rings is 2. The van der Waals surface area contributed by atoms with Crippen LogP contribution < -0.4 is 5.73 Å². The molecule has 0 aliphatic carbocycles. The highest BCUT2D eigenvalue weighted by Gasteiger charge is 2.29. The minimum Gasteiger partial charge on any atom is -0.375 e. The first-order valence-electron chi connectivity index (χ1n) is 12.4. The Labute approximate surface area is 210 Å². The Hall–Kier alpha value is -2.65. The summed E-state index contributed by atoms with van der Waals surface area (Å²) in [6, 6.07) is 3.86. The van der Waals surface area contributed by atoms with E-state index in [2.05, 4.69) is 30.9 Å². The Morgan fingerprint density at radius 2 is 1.80 bits per heavy atom. The van der Waals surface area contributed by atoms with Crippen LogP contribution in [0.5, 0.6) is 0 Å². The molecule has 0 unspecified atom stereocenters. The first kappa shape index (κ1) is 24.1.